The van der Waals surface area contributed by atoms with Gasteiger partial charge in [0.15, 0.2) is 0 Å². The molecule has 0 aliphatic carbocycles. The molecule has 2 aromatic carbocycles. The Labute approximate surface area is 123 Å². The van der Waals surface area contributed by atoms with Gasteiger partial charge >= 0.3 is 11.6 Å². The molecular formula is C14H12N4O4+2. The normalized spacial score (nSPS) is 11.5. The van der Waals surface area contributed by atoms with Crippen LogP contribution in [0.2, 0.25) is 0 Å². The highest BCUT2D eigenvalue weighted by Gasteiger charge is 2.41. The van der Waals surface area contributed by atoms with E-state index in [1.54, 1.807) is 48.5 Å². The van der Waals surface area contributed by atoms with Crippen LogP contribution < -0.4 is 9.46 Å². The first-order chi connectivity index (χ1) is 10.6. The van der Waals surface area contributed by atoms with Crippen LogP contribution in [0.4, 0.5) is 0 Å². The standard InChI is InChI=1S/C14H12N4O4/c19-15-9-5-1-2-6-10(9)16(20)13(15)14-17(21)11-7-3-4-8-12(11)18(14)22/h1-8,19-22H/q+2. The molecule has 0 saturated carbocycles. The molecule has 8 nitrogen and oxygen atoms in total. The molecule has 0 fully saturated rings. The molecule has 8 heteroatoms. The number of benzene rings is 2. The van der Waals surface area contributed by atoms with Gasteiger partial charge in [-0.2, -0.15) is 0 Å². The van der Waals surface area contributed by atoms with E-state index >= 15 is 0 Å². The highest BCUT2D eigenvalue weighted by Crippen LogP contribution is 2.22. The number of hydrogen-bond acceptors (Lipinski definition) is 4. The average molecular weight is 300 g/mol. The fourth-order valence-electron chi connectivity index (χ4n) is 2.66. The molecule has 22 heavy (non-hydrogen) atoms. The Morgan fingerprint density at radius 3 is 1.36 bits per heavy atom. The molecule has 2 heterocycles. The summed E-state index contributed by atoms with van der Waals surface area (Å²) in [6.45, 7) is 0. The van der Waals surface area contributed by atoms with Gasteiger partial charge in [0.05, 0.1) is 0 Å². The number of nitrogens with zero attached hydrogens (tertiary/aromatic N) is 4. The van der Waals surface area contributed by atoms with E-state index in [0.717, 1.165) is 0 Å². The third kappa shape index (κ3) is 1.35. The summed E-state index contributed by atoms with van der Waals surface area (Å²) >= 11 is 0. The Hall–Kier alpha value is -3.42. The second-order valence-corrected chi connectivity index (χ2v) is 4.87. The van der Waals surface area contributed by atoms with Crippen LogP contribution in [-0.4, -0.2) is 30.3 Å². The molecule has 2 aromatic heterocycles. The van der Waals surface area contributed by atoms with Gasteiger partial charge in [-0.25, -0.2) is 0 Å². The maximum Gasteiger partial charge on any atom is 0.459 e. The lowest BCUT2D eigenvalue weighted by Gasteiger charge is -1.91. The van der Waals surface area contributed by atoms with Crippen molar-refractivity contribution >= 4 is 22.1 Å². The third-order valence-electron chi connectivity index (χ3n) is 3.68. The summed E-state index contributed by atoms with van der Waals surface area (Å²) in [6, 6.07) is 13.2. The molecule has 0 aliphatic rings. The molecule has 4 rings (SSSR count). The first kappa shape index (κ1) is 12.3. The van der Waals surface area contributed by atoms with Crippen LogP contribution in [0.1, 0.15) is 0 Å². The Bertz CT molecular complexity index is 872. The first-order valence-electron chi connectivity index (χ1n) is 6.49. The lowest BCUT2D eigenvalue weighted by molar-refractivity contribution is -0.900. The number of fused-ring (bicyclic) bond motifs is 2. The Balaban J connectivity index is 2.17. The lowest BCUT2D eigenvalue weighted by Crippen LogP contribution is -2.40. The molecule has 0 bridgehead atoms. The zero-order chi connectivity index (χ0) is 15.4. The minimum Gasteiger partial charge on any atom is -0.349 e. The van der Waals surface area contributed by atoms with Crippen LogP contribution in [0.3, 0.4) is 0 Å². The number of hydrogen-bond donors (Lipinski definition) is 4. The van der Waals surface area contributed by atoms with Gasteiger partial charge in [0.25, 0.3) is 0 Å². The summed E-state index contributed by atoms with van der Waals surface area (Å²) in [4.78, 5) is 0. The van der Waals surface area contributed by atoms with E-state index in [0.29, 0.717) is 41.0 Å². The fraction of sp³-hybridized carbons (Fsp3) is 0. The largest absolute Gasteiger partial charge is 0.459 e. The van der Waals surface area contributed by atoms with Gasteiger partial charge in [-0.15, -0.1) is 0 Å². The molecule has 0 radical (unpaired) electrons. The Morgan fingerprint density at radius 2 is 1.00 bits per heavy atom. The van der Waals surface area contributed by atoms with Crippen molar-refractivity contribution in [3.05, 3.63) is 48.5 Å². The fourth-order valence-corrected chi connectivity index (χ4v) is 2.66. The summed E-state index contributed by atoms with van der Waals surface area (Å²) in [5.41, 5.74) is 1.30. The van der Waals surface area contributed by atoms with E-state index in [1.165, 1.54) is 0 Å². The number of imidazole rings is 2. The molecule has 4 aromatic rings. The molecule has 0 unspecified atom stereocenters. The number of rotatable bonds is 1. The molecule has 0 atom stereocenters. The number of aromatic nitrogens is 4. The van der Waals surface area contributed by atoms with Crippen molar-refractivity contribution in [2.45, 2.75) is 0 Å². The van der Waals surface area contributed by atoms with Gasteiger partial charge in [0.1, 0.15) is 0 Å². The van der Waals surface area contributed by atoms with Gasteiger partial charge in [0, 0.05) is 0 Å². The minimum atomic E-state index is -0.192. The summed E-state index contributed by atoms with van der Waals surface area (Å²) in [5.74, 6) is -0.384. The third-order valence-corrected chi connectivity index (χ3v) is 3.68. The summed E-state index contributed by atoms with van der Waals surface area (Å²) < 4.78 is 2.79. The van der Waals surface area contributed by atoms with E-state index < -0.39 is 0 Å². The smallest absolute Gasteiger partial charge is 0.349 e. The average Bonchev–Trinajstić information content (AvgIpc) is 2.94. The molecule has 110 valence electrons. The molecule has 0 saturated heterocycles. The van der Waals surface area contributed by atoms with Crippen molar-refractivity contribution in [3.63, 3.8) is 0 Å². The van der Waals surface area contributed by atoms with Crippen LogP contribution in [-0.2, 0) is 0 Å². The Morgan fingerprint density at radius 1 is 0.636 bits per heavy atom. The van der Waals surface area contributed by atoms with Crippen LogP contribution in [0.15, 0.2) is 48.5 Å². The molecule has 4 N–H and O–H groups in total. The minimum absolute atomic E-state index is 0.192. The highest BCUT2D eigenvalue weighted by molar-refractivity contribution is 5.77. The second kappa shape index (κ2) is 4.04. The predicted molar refractivity (Wildman–Crippen MR) is 72.0 cm³/mol. The topological polar surface area (TPSA) is 98.5 Å². The van der Waals surface area contributed by atoms with Crippen molar-refractivity contribution in [2.75, 3.05) is 0 Å². The summed E-state index contributed by atoms with van der Waals surface area (Å²) in [5, 5.41) is 41.1. The van der Waals surface area contributed by atoms with Crippen molar-refractivity contribution in [2.24, 2.45) is 0 Å². The van der Waals surface area contributed by atoms with Crippen LogP contribution in [0, 0.1) is 0 Å². The van der Waals surface area contributed by atoms with E-state index in [1.807, 2.05) is 0 Å². The highest BCUT2D eigenvalue weighted by atomic mass is 16.5. The van der Waals surface area contributed by atoms with Crippen molar-refractivity contribution in [1.82, 2.24) is 9.46 Å². The van der Waals surface area contributed by atoms with Gasteiger partial charge in [-0.05, 0) is 43.2 Å². The SMILES string of the molecule is On1c(-c2n(O)c3ccccc3[n+]2O)[n+](O)c2ccccc21. The van der Waals surface area contributed by atoms with E-state index in [-0.39, 0.29) is 11.6 Å². The molecule has 0 aliphatic heterocycles. The Kier molecular flexibility index (Phi) is 2.27. The number of para-hydroxylation sites is 4. The summed E-state index contributed by atoms with van der Waals surface area (Å²) in [6.07, 6.45) is 0. The monoisotopic (exact) mass is 300 g/mol. The lowest BCUT2D eigenvalue weighted by atomic mass is 10.3. The van der Waals surface area contributed by atoms with E-state index in [4.69, 9.17) is 0 Å². The molecule has 0 amide bonds. The maximum absolute atomic E-state index is 10.3. The summed E-state index contributed by atoms with van der Waals surface area (Å²) in [7, 11) is 0. The van der Waals surface area contributed by atoms with E-state index in [9.17, 15) is 20.8 Å². The zero-order valence-corrected chi connectivity index (χ0v) is 11.2. The zero-order valence-electron chi connectivity index (χ0n) is 11.2. The van der Waals surface area contributed by atoms with Crippen LogP contribution >= 0.6 is 0 Å². The quantitative estimate of drug-likeness (QED) is 0.308. The first-order valence-corrected chi connectivity index (χ1v) is 6.49. The van der Waals surface area contributed by atoms with Crippen LogP contribution in [0.5, 0.6) is 0 Å². The van der Waals surface area contributed by atoms with Gasteiger partial charge < -0.3 is 20.8 Å². The predicted octanol–water partition coefficient (Wildman–Crippen LogP) is 0.787. The maximum atomic E-state index is 10.3. The van der Waals surface area contributed by atoms with Gasteiger partial charge in [-0.1, -0.05) is 24.3 Å². The van der Waals surface area contributed by atoms with Crippen LogP contribution in [0.25, 0.3) is 33.7 Å². The van der Waals surface area contributed by atoms with Gasteiger partial charge in [0.2, 0.25) is 22.1 Å². The molecule has 0 spiro atoms. The van der Waals surface area contributed by atoms with Crippen molar-refractivity contribution in [3.8, 4) is 11.6 Å². The second-order valence-electron chi connectivity index (χ2n) is 4.87. The van der Waals surface area contributed by atoms with Crippen molar-refractivity contribution < 1.29 is 30.3 Å². The molecular weight excluding hydrogens is 288 g/mol. The van der Waals surface area contributed by atoms with Crippen molar-refractivity contribution in [1.29, 1.82) is 0 Å². The van der Waals surface area contributed by atoms with E-state index in [2.05, 4.69) is 0 Å². The van der Waals surface area contributed by atoms with Gasteiger partial charge in [-0.3, -0.25) is 0 Å².